The van der Waals surface area contributed by atoms with E-state index >= 15 is 0 Å². The summed E-state index contributed by atoms with van der Waals surface area (Å²) in [5.74, 6) is -0.424. The number of amides is 1. The van der Waals surface area contributed by atoms with Crippen molar-refractivity contribution in [3.05, 3.63) is 46.6 Å². The summed E-state index contributed by atoms with van der Waals surface area (Å²) in [6, 6.07) is 8.97. The lowest BCUT2D eigenvalue weighted by atomic mass is 10.2. The fourth-order valence-corrected chi connectivity index (χ4v) is 1.49. The van der Waals surface area contributed by atoms with E-state index in [0.29, 0.717) is 24.7 Å². The first-order valence-corrected chi connectivity index (χ1v) is 6.40. The van der Waals surface area contributed by atoms with Crippen LogP contribution in [0.4, 0.5) is 0 Å². The Balaban J connectivity index is 2.47. The Hall–Kier alpha value is -2.03. The number of hydrogen-bond donors (Lipinski definition) is 2. The van der Waals surface area contributed by atoms with Crippen LogP contribution < -0.4 is 10.6 Å². The number of nitriles is 1. The highest BCUT2D eigenvalue weighted by Gasteiger charge is 2.07. The molecule has 1 amide bonds. The summed E-state index contributed by atoms with van der Waals surface area (Å²) in [4.78, 5) is 11.8. The second kappa shape index (κ2) is 8.97. The lowest BCUT2D eigenvalue weighted by Crippen LogP contribution is -2.25. The molecule has 5 nitrogen and oxygen atoms in total. The van der Waals surface area contributed by atoms with Gasteiger partial charge < -0.3 is 15.4 Å². The zero-order valence-electron chi connectivity index (χ0n) is 11.1. The van der Waals surface area contributed by atoms with Gasteiger partial charge in [0.1, 0.15) is 11.6 Å². The normalized spacial score (nSPS) is 10.8. The third-order valence-electron chi connectivity index (χ3n) is 2.43. The van der Waals surface area contributed by atoms with Crippen LogP contribution in [0.2, 0.25) is 5.02 Å². The van der Waals surface area contributed by atoms with Gasteiger partial charge in [-0.05, 0) is 17.7 Å². The first-order valence-electron chi connectivity index (χ1n) is 6.02. The monoisotopic (exact) mass is 293 g/mol. The van der Waals surface area contributed by atoms with E-state index in [1.807, 2.05) is 18.2 Å². The van der Waals surface area contributed by atoms with E-state index in [2.05, 4.69) is 10.6 Å². The van der Waals surface area contributed by atoms with E-state index in [1.165, 1.54) is 6.20 Å². The van der Waals surface area contributed by atoms with Crippen molar-refractivity contribution < 1.29 is 9.53 Å². The van der Waals surface area contributed by atoms with Crippen LogP contribution in [0.15, 0.2) is 36.0 Å². The number of hydrogen-bond acceptors (Lipinski definition) is 4. The fourth-order valence-electron chi connectivity index (χ4n) is 1.36. The highest BCUT2D eigenvalue weighted by molar-refractivity contribution is 6.30. The number of carbonyl (C=O) groups excluding carboxylic acids is 1. The van der Waals surface area contributed by atoms with Crippen LogP contribution in [0.3, 0.4) is 0 Å². The molecule has 2 N–H and O–H groups in total. The van der Waals surface area contributed by atoms with Gasteiger partial charge in [-0.2, -0.15) is 5.26 Å². The predicted molar refractivity (Wildman–Crippen MR) is 76.9 cm³/mol. The maximum atomic E-state index is 11.8. The van der Waals surface area contributed by atoms with Gasteiger partial charge >= 0.3 is 0 Å². The van der Waals surface area contributed by atoms with E-state index in [0.717, 1.165) is 5.56 Å². The largest absolute Gasteiger partial charge is 0.387 e. The molecule has 0 heterocycles. The molecule has 0 radical (unpaired) electrons. The summed E-state index contributed by atoms with van der Waals surface area (Å²) in [7, 11) is 1.58. The number of carbonyl (C=O) groups is 1. The van der Waals surface area contributed by atoms with Crippen molar-refractivity contribution in [1.82, 2.24) is 10.6 Å². The molecule has 0 saturated heterocycles. The molecule has 106 valence electrons. The van der Waals surface area contributed by atoms with Crippen molar-refractivity contribution in [3.63, 3.8) is 0 Å². The molecule has 1 aromatic carbocycles. The van der Waals surface area contributed by atoms with Gasteiger partial charge in [0.25, 0.3) is 5.91 Å². The SMILES string of the molecule is COCCN/C=C(/C#N)C(=O)NCc1ccc(Cl)cc1. The van der Waals surface area contributed by atoms with Crippen molar-refractivity contribution >= 4 is 17.5 Å². The summed E-state index contributed by atoms with van der Waals surface area (Å²) in [5, 5.41) is 15.1. The van der Waals surface area contributed by atoms with E-state index in [1.54, 1.807) is 19.2 Å². The molecule has 1 aromatic rings. The predicted octanol–water partition coefficient (Wildman–Crippen LogP) is 1.60. The maximum Gasteiger partial charge on any atom is 0.263 e. The Morgan fingerprint density at radius 1 is 1.45 bits per heavy atom. The van der Waals surface area contributed by atoms with Crippen LogP contribution in [0.25, 0.3) is 0 Å². The van der Waals surface area contributed by atoms with Crippen molar-refractivity contribution in [1.29, 1.82) is 5.26 Å². The minimum atomic E-state index is -0.424. The summed E-state index contributed by atoms with van der Waals surface area (Å²) < 4.78 is 4.85. The maximum absolute atomic E-state index is 11.8. The second-order valence-electron chi connectivity index (χ2n) is 3.93. The van der Waals surface area contributed by atoms with Gasteiger partial charge in [0.15, 0.2) is 0 Å². The number of nitrogens with one attached hydrogen (secondary N) is 2. The molecule has 0 unspecified atom stereocenters. The number of halogens is 1. The van der Waals surface area contributed by atoms with Crippen LogP contribution in [0.1, 0.15) is 5.56 Å². The molecule has 20 heavy (non-hydrogen) atoms. The van der Waals surface area contributed by atoms with Crippen LogP contribution in [-0.4, -0.2) is 26.2 Å². The first kappa shape index (κ1) is 16.0. The number of rotatable bonds is 7. The third kappa shape index (κ3) is 5.74. The smallest absolute Gasteiger partial charge is 0.263 e. The standard InChI is InChI=1S/C14H16ClN3O2/c1-20-7-6-17-10-12(8-16)14(19)18-9-11-2-4-13(15)5-3-11/h2-5,10,17H,6-7,9H2,1H3,(H,18,19)/b12-10-. The average molecular weight is 294 g/mol. The summed E-state index contributed by atoms with van der Waals surface area (Å²) in [5.41, 5.74) is 0.933. The Kier molecular flexibility index (Phi) is 7.18. The summed E-state index contributed by atoms with van der Waals surface area (Å²) in [6.45, 7) is 1.38. The van der Waals surface area contributed by atoms with Gasteiger partial charge in [0.2, 0.25) is 0 Å². The van der Waals surface area contributed by atoms with E-state index in [4.69, 9.17) is 21.6 Å². The highest BCUT2D eigenvalue weighted by atomic mass is 35.5. The molecule has 0 aliphatic carbocycles. The Bertz CT molecular complexity index is 506. The Morgan fingerprint density at radius 3 is 2.75 bits per heavy atom. The molecule has 0 aliphatic rings. The van der Waals surface area contributed by atoms with E-state index in [9.17, 15) is 4.79 Å². The number of benzene rings is 1. The van der Waals surface area contributed by atoms with Crippen molar-refractivity contribution in [2.75, 3.05) is 20.3 Å². The lowest BCUT2D eigenvalue weighted by molar-refractivity contribution is -0.117. The molecule has 6 heteroatoms. The first-order chi connectivity index (χ1) is 9.67. The van der Waals surface area contributed by atoms with Crippen molar-refractivity contribution in [3.8, 4) is 6.07 Å². The van der Waals surface area contributed by atoms with Crippen LogP contribution in [0, 0.1) is 11.3 Å². The van der Waals surface area contributed by atoms with Crippen molar-refractivity contribution in [2.45, 2.75) is 6.54 Å². The molecule has 0 spiro atoms. The molecule has 0 aromatic heterocycles. The van der Waals surface area contributed by atoms with Gasteiger partial charge in [-0.15, -0.1) is 0 Å². The Labute approximate surface area is 123 Å². The molecule has 0 fully saturated rings. The molecular formula is C14H16ClN3O2. The van der Waals surface area contributed by atoms with Crippen LogP contribution in [0.5, 0.6) is 0 Å². The fraction of sp³-hybridized carbons (Fsp3) is 0.286. The van der Waals surface area contributed by atoms with E-state index in [-0.39, 0.29) is 5.57 Å². The number of ether oxygens (including phenoxy) is 1. The molecule has 0 bridgehead atoms. The summed E-state index contributed by atoms with van der Waals surface area (Å²) in [6.07, 6.45) is 1.39. The van der Waals surface area contributed by atoms with Crippen LogP contribution >= 0.6 is 11.6 Å². The zero-order valence-corrected chi connectivity index (χ0v) is 11.9. The molecule has 0 aliphatic heterocycles. The lowest BCUT2D eigenvalue weighted by Gasteiger charge is -2.05. The van der Waals surface area contributed by atoms with Crippen molar-refractivity contribution in [2.24, 2.45) is 0 Å². The van der Waals surface area contributed by atoms with Crippen LogP contribution in [-0.2, 0) is 16.1 Å². The Morgan fingerprint density at radius 2 is 2.15 bits per heavy atom. The van der Waals surface area contributed by atoms with Gasteiger partial charge in [0, 0.05) is 31.4 Å². The van der Waals surface area contributed by atoms with E-state index < -0.39 is 5.91 Å². The topological polar surface area (TPSA) is 74.1 Å². The number of methoxy groups -OCH3 is 1. The minimum Gasteiger partial charge on any atom is -0.387 e. The molecule has 0 atom stereocenters. The summed E-state index contributed by atoms with van der Waals surface area (Å²) >= 11 is 5.77. The molecule has 0 saturated carbocycles. The second-order valence-corrected chi connectivity index (χ2v) is 4.36. The van der Waals surface area contributed by atoms with Gasteiger partial charge in [-0.1, -0.05) is 23.7 Å². The third-order valence-corrected chi connectivity index (χ3v) is 2.68. The number of nitrogens with zero attached hydrogens (tertiary/aromatic N) is 1. The quantitative estimate of drug-likeness (QED) is 0.455. The average Bonchev–Trinajstić information content (AvgIpc) is 2.46. The molecular weight excluding hydrogens is 278 g/mol. The minimum absolute atomic E-state index is 0.0232. The molecule has 1 rings (SSSR count). The highest BCUT2D eigenvalue weighted by Crippen LogP contribution is 2.09. The van der Waals surface area contributed by atoms with Gasteiger partial charge in [-0.3, -0.25) is 4.79 Å². The van der Waals surface area contributed by atoms with Gasteiger partial charge in [-0.25, -0.2) is 0 Å². The van der Waals surface area contributed by atoms with Gasteiger partial charge in [0.05, 0.1) is 6.61 Å². The zero-order chi connectivity index (χ0) is 14.8.